The number of nitrogens with two attached hydrogens (primary N) is 1. The Hall–Kier alpha value is -0.580. The molecule has 1 aromatic rings. The molecular formula is C8H10ClNO2S. The van der Waals surface area contributed by atoms with Gasteiger partial charge in [0.2, 0.25) is 0 Å². The molecule has 5 heteroatoms. The highest BCUT2D eigenvalue weighted by atomic mass is 35.5. The first-order valence-electron chi connectivity index (χ1n) is 3.79. The van der Waals surface area contributed by atoms with Gasteiger partial charge in [0.05, 0.1) is 10.8 Å². The van der Waals surface area contributed by atoms with Gasteiger partial charge in [-0.1, -0.05) is 11.6 Å². The first-order chi connectivity index (χ1) is 6.09. The molecule has 1 rings (SSSR count). The molecule has 0 fully saturated rings. The molecule has 0 saturated heterocycles. The lowest BCUT2D eigenvalue weighted by Gasteiger charge is -2.06. The standard InChI is InChI=1S/C8H10ClNO2S/c9-8-5(1-2-13-8)3-6(10)4-7(11)12/h1-2,6H,3-4,10H2,(H,11,12). The smallest absolute Gasteiger partial charge is 0.304 e. The van der Waals surface area contributed by atoms with Crippen LogP contribution in [0.1, 0.15) is 12.0 Å². The van der Waals surface area contributed by atoms with E-state index in [0.717, 1.165) is 5.56 Å². The average Bonchev–Trinajstić information content (AvgIpc) is 2.34. The molecule has 0 saturated carbocycles. The maximum atomic E-state index is 10.3. The van der Waals surface area contributed by atoms with E-state index >= 15 is 0 Å². The molecule has 1 atom stereocenters. The van der Waals surface area contributed by atoms with E-state index in [1.807, 2.05) is 11.4 Å². The fraction of sp³-hybridized carbons (Fsp3) is 0.375. The molecule has 3 N–H and O–H groups in total. The number of hydrogen-bond acceptors (Lipinski definition) is 3. The van der Waals surface area contributed by atoms with E-state index in [1.165, 1.54) is 11.3 Å². The molecule has 0 spiro atoms. The second-order valence-corrected chi connectivity index (χ2v) is 4.30. The van der Waals surface area contributed by atoms with Crippen LogP contribution in [-0.4, -0.2) is 17.1 Å². The predicted molar refractivity (Wildman–Crippen MR) is 53.3 cm³/mol. The van der Waals surface area contributed by atoms with Gasteiger partial charge in [-0.05, 0) is 23.4 Å². The Morgan fingerprint density at radius 3 is 2.92 bits per heavy atom. The third kappa shape index (κ3) is 3.34. The molecule has 1 aromatic heterocycles. The topological polar surface area (TPSA) is 63.3 Å². The lowest BCUT2D eigenvalue weighted by Crippen LogP contribution is -2.25. The molecule has 1 heterocycles. The zero-order chi connectivity index (χ0) is 9.84. The van der Waals surface area contributed by atoms with Gasteiger partial charge < -0.3 is 10.8 Å². The van der Waals surface area contributed by atoms with Gasteiger partial charge in [-0.15, -0.1) is 11.3 Å². The summed E-state index contributed by atoms with van der Waals surface area (Å²) in [5.74, 6) is -0.876. The van der Waals surface area contributed by atoms with Gasteiger partial charge in [0.1, 0.15) is 0 Å². The Kier molecular flexibility index (Phi) is 3.71. The Morgan fingerprint density at radius 2 is 2.46 bits per heavy atom. The van der Waals surface area contributed by atoms with Crippen LogP contribution in [0.3, 0.4) is 0 Å². The van der Waals surface area contributed by atoms with Crippen molar-refractivity contribution in [1.82, 2.24) is 0 Å². The van der Waals surface area contributed by atoms with E-state index in [4.69, 9.17) is 22.4 Å². The van der Waals surface area contributed by atoms with Crippen LogP contribution in [0.15, 0.2) is 11.4 Å². The minimum Gasteiger partial charge on any atom is -0.481 e. The monoisotopic (exact) mass is 219 g/mol. The molecule has 13 heavy (non-hydrogen) atoms. The summed E-state index contributed by atoms with van der Waals surface area (Å²) in [6.07, 6.45) is 0.501. The third-order valence-electron chi connectivity index (χ3n) is 1.61. The molecule has 0 aliphatic heterocycles. The highest BCUT2D eigenvalue weighted by Crippen LogP contribution is 2.23. The maximum absolute atomic E-state index is 10.3. The van der Waals surface area contributed by atoms with Crippen molar-refractivity contribution in [2.24, 2.45) is 5.73 Å². The molecule has 3 nitrogen and oxygen atoms in total. The van der Waals surface area contributed by atoms with Crippen LogP contribution in [0.25, 0.3) is 0 Å². The minimum atomic E-state index is -0.876. The van der Waals surface area contributed by atoms with Crippen LogP contribution in [0.5, 0.6) is 0 Å². The van der Waals surface area contributed by atoms with Crippen LogP contribution in [-0.2, 0) is 11.2 Å². The normalized spacial score (nSPS) is 12.8. The van der Waals surface area contributed by atoms with E-state index in [1.54, 1.807) is 0 Å². The summed E-state index contributed by atoms with van der Waals surface area (Å²) in [5.41, 5.74) is 6.53. The predicted octanol–water partition coefficient (Wildman–Crippen LogP) is 1.75. The largest absolute Gasteiger partial charge is 0.481 e. The second-order valence-electron chi connectivity index (χ2n) is 2.78. The van der Waals surface area contributed by atoms with Crippen molar-refractivity contribution in [3.63, 3.8) is 0 Å². The van der Waals surface area contributed by atoms with Gasteiger partial charge in [0, 0.05) is 6.04 Å². The van der Waals surface area contributed by atoms with Gasteiger partial charge in [0.15, 0.2) is 0 Å². The minimum absolute atomic E-state index is 0.0217. The number of aliphatic carboxylic acids is 1. The Labute approximate surface area is 85.1 Å². The average molecular weight is 220 g/mol. The summed E-state index contributed by atoms with van der Waals surface area (Å²) in [7, 11) is 0. The Balaban J connectivity index is 2.49. The molecular weight excluding hydrogens is 210 g/mol. The summed E-state index contributed by atoms with van der Waals surface area (Å²) in [6.45, 7) is 0. The summed E-state index contributed by atoms with van der Waals surface area (Å²) in [5, 5.41) is 10.3. The molecule has 0 aliphatic carbocycles. The van der Waals surface area contributed by atoms with Crippen molar-refractivity contribution in [2.75, 3.05) is 0 Å². The highest BCUT2D eigenvalue weighted by molar-refractivity contribution is 7.14. The number of hydrogen-bond donors (Lipinski definition) is 2. The molecule has 0 aliphatic rings. The van der Waals surface area contributed by atoms with E-state index in [9.17, 15) is 4.79 Å². The zero-order valence-corrected chi connectivity index (χ0v) is 8.44. The number of carboxylic acid groups (broad SMARTS) is 1. The Bertz CT molecular complexity index is 300. The van der Waals surface area contributed by atoms with Gasteiger partial charge in [-0.3, -0.25) is 4.79 Å². The van der Waals surface area contributed by atoms with Gasteiger partial charge in [-0.2, -0.15) is 0 Å². The van der Waals surface area contributed by atoms with Gasteiger partial charge in [-0.25, -0.2) is 0 Å². The molecule has 1 unspecified atom stereocenters. The quantitative estimate of drug-likeness (QED) is 0.811. The molecule has 0 amide bonds. The highest BCUT2D eigenvalue weighted by Gasteiger charge is 2.11. The molecule has 0 aromatic carbocycles. The summed E-state index contributed by atoms with van der Waals surface area (Å²) in [6, 6.07) is 1.51. The van der Waals surface area contributed by atoms with Gasteiger partial charge in [0.25, 0.3) is 0 Å². The van der Waals surface area contributed by atoms with Crippen LogP contribution in [0.2, 0.25) is 4.34 Å². The number of rotatable bonds is 4. The fourth-order valence-corrected chi connectivity index (χ4v) is 1.99. The Morgan fingerprint density at radius 1 is 1.77 bits per heavy atom. The summed E-state index contributed by atoms with van der Waals surface area (Å²) < 4.78 is 0.695. The number of carboxylic acids is 1. The SMILES string of the molecule is NC(CC(=O)O)Cc1ccsc1Cl. The van der Waals surface area contributed by atoms with Crippen molar-refractivity contribution >= 4 is 28.9 Å². The molecule has 72 valence electrons. The second kappa shape index (κ2) is 4.60. The van der Waals surface area contributed by atoms with Crippen LogP contribution < -0.4 is 5.73 Å². The first-order valence-corrected chi connectivity index (χ1v) is 5.04. The maximum Gasteiger partial charge on any atom is 0.304 e. The molecule has 0 radical (unpaired) electrons. The van der Waals surface area contributed by atoms with Crippen LogP contribution in [0.4, 0.5) is 0 Å². The third-order valence-corrected chi connectivity index (χ3v) is 2.86. The molecule has 0 bridgehead atoms. The van der Waals surface area contributed by atoms with Crippen LogP contribution >= 0.6 is 22.9 Å². The first kappa shape index (κ1) is 10.5. The van der Waals surface area contributed by atoms with Gasteiger partial charge >= 0.3 is 5.97 Å². The van der Waals surface area contributed by atoms with Crippen molar-refractivity contribution in [3.8, 4) is 0 Å². The zero-order valence-electron chi connectivity index (χ0n) is 6.87. The number of thiophene rings is 1. The fourth-order valence-electron chi connectivity index (χ4n) is 1.04. The van der Waals surface area contributed by atoms with Crippen molar-refractivity contribution < 1.29 is 9.90 Å². The summed E-state index contributed by atoms with van der Waals surface area (Å²) in [4.78, 5) is 10.3. The lowest BCUT2D eigenvalue weighted by atomic mass is 10.1. The van der Waals surface area contributed by atoms with E-state index in [2.05, 4.69) is 0 Å². The number of carbonyl (C=O) groups is 1. The van der Waals surface area contributed by atoms with Crippen LogP contribution in [0, 0.1) is 0 Å². The van der Waals surface area contributed by atoms with Crippen molar-refractivity contribution in [2.45, 2.75) is 18.9 Å². The lowest BCUT2D eigenvalue weighted by molar-refractivity contribution is -0.137. The van der Waals surface area contributed by atoms with E-state index in [0.29, 0.717) is 10.8 Å². The summed E-state index contributed by atoms with van der Waals surface area (Å²) >= 11 is 7.26. The number of halogens is 1. The van der Waals surface area contributed by atoms with Crippen molar-refractivity contribution in [3.05, 3.63) is 21.3 Å². The van der Waals surface area contributed by atoms with E-state index in [-0.39, 0.29) is 12.5 Å². The van der Waals surface area contributed by atoms with E-state index < -0.39 is 5.97 Å². The van der Waals surface area contributed by atoms with Crippen molar-refractivity contribution in [1.29, 1.82) is 0 Å².